The molecule has 2 atom stereocenters. The Kier molecular flexibility index (Phi) is 1.74. The Balaban J connectivity index is 2.25. The quantitative estimate of drug-likeness (QED) is 0.531. The van der Waals surface area contributed by atoms with Crippen LogP contribution in [-0.2, 0) is 14.3 Å². The van der Waals surface area contributed by atoms with Crippen molar-refractivity contribution in [3.05, 3.63) is 11.6 Å². The fourth-order valence-electron chi connectivity index (χ4n) is 2.12. The molecule has 1 fully saturated rings. The Labute approximate surface area is 77.7 Å². The highest BCUT2D eigenvalue weighted by Crippen LogP contribution is 2.36. The Hall–Kier alpha value is -0.830. The molecular formula is C10H14O3. The van der Waals surface area contributed by atoms with Crippen molar-refractivity contribution < 1.29 is 14.3 Å². The average molecular weight is 182 g/mol. The maximum Gasteiger partial charge on any atom is 0.331 e. The molecule has 2 aliphatic heterocycles. The third-order valence-corrected chi connectivity index (χ3v) is 2.47. The number of rotatable bonds is 0. The molecule has 0 spiro atoms. The molecule has 0 aromatic rings. The molecule has 1 saturated heterocycles. The SMILES string of the molecule is CC1OC(C)(C)CC2=CC(=O)O[C@@H]21. The van der Waals surface area contributed by atoms with Crippen LogP contribution in [0.5, 0.6) is 0 Å². The van der Waals surface area contributed by atoms with Crippen molar-refractivity contribution in [3.63, 3.8) is 0 Å². The second-order valence-corrected chi connectivity index (χ2v) is 4.34. The summed E-state index contributed by atoms with van der Waals surface area (Å²) in [5, 5.41) is 0. The molecule has 0 aliphatic carbocycles. The highest BCUT2D eigenvalue weighted by Gasteiger charge is 2.41. The van der Waals surface area contributed by atoms with Gasteiger partial charge in [0.05, 0.1) is 11.7 Å². The summed E-state index contributed by atoms with van der Waals surface area (Å²) < 4.78 is 10.8. The highest BCUT2D eigenvalue weighted by atomic mass is 16.6. The van der Waals surface area contributed by atoms with E-state index in [0.717, 1.165) is 12.0 Å². The van der Waals surface area contributed by atoms with Gasteiger partial charge < -0.3 is 9.47 Å². The zero-order chi connectivity index (χ0) is 9.64. The van der Waals surface area contributed by atoms with Crippen molar-refractivity contribution in [3.8, 4) is 0 Å². The summed E-state index contributed by atoms with van der Waals surface area (Å²) in [4.78, 5) is 11.0. The Bertz CT molecular complexity index is 278. The second-order valence-electron chi connectivity index (χ2n) is 4.34. The summed E-state index contributed by atoms with van der Waals surface area (Å²) in [6.07, 6.45) is 2.22. The predicted molar refractivity (Wildman–Crippen MR) is 47.2 cm³/mol. The van der Waals surface area contributed by atoms with Crippen molar-refractivity contribution in [1.82, 2.24) is 0 Å². The number of ether oxygens (including phenoxy) is 2. The van der Waals surface area contributed by atoms with Crippen LogP contribution in [0, 0.1) is 0 Å². The van der Waals surface area contributed by atoms with E-state index in [9.17, 15) is 4.79 Å². The van der Waals surface area contributed by atoms with Gasteiger partial charge in [0, 0.05) is 12.5 Å². The van der Waals surface area contributed by atoms with Crippen LogP contribution < -0.4 is 0 Å². The molecule has 2 rings (SSSR count). The lowest BCUT2D eigenvalue weighted by molar-refractivity contribution is -0.159. The largest absolute Gasteiger partial charge is 0.452 e. The molecule has 0 aromatic heterocycles. The lowest BCUT2D eigenvalue weighted by atomic mass is 9.89. The molecule has 1 unspecified atom stereocenters. The first-order valence-corrected chi connectivity index (χ1v) is 4.57. The molecule has 0 aromatic carbocycles. The van der Waals surface area contributed by atoms with E-state index in [1.807, 2.05) is 20.8 Å². The van der Waals surface area contributed by atoms with Crippen molar-refractivity contribution in [2.24, 2.45) is 0 Å². The summed E-state index contributed by atoms with van der Waals surface area (Å²) in [6.45, 7) is 6.00. The Morgan fingerprint density at radius 1 is 1.54 bits per heavy atom. The number of fused-ring (bicyclic) bond motifs is 1. The highest BCUT2D eigenvalue weighted by molar-refractivity contribution is 5.86. The Morgan fingerprint density at radius 3 is 2.92 bits per heavy atom. The van der Waals surface area contributed by atoms with Crippen LogP contribution in [-0.4, -0.2) is 23.8 Å². The summed E-state index contributed by atoms with van der Waals surface area (Å²) in [5.41, 5.74) is 0.907. The predicted octanol–water partition coefficient (Wildman–Crippen LogP) is 1.43. The van der Waals surface area contributed by atoms with Gasteiger partial charge in [-0.1, -0.05) is 0 Å². The van der Waals surface area contributed by atoms with Gasteiger partial charge in [0.2, 0.25) is 0 Å². The third-order valence-electron chi connectivity index (χ3n) is 2.47. The molecular weight excluding hydrogens is 168 g/mol. The van der Waals surface area contributed by atoms with Gasteiger partial charge in [0.1, 0.15) is 6.10 Å². The van der Waals surface area contributed by atoms with E-state index in [1.54, 1.807) is 6.08 Å². The summed E-state index contributed by atoms with van der Waals surface area (Å²) >= 11 is 0. The number of hydrogen-bond donors (Lipinski definition) is 0. The smallest absolute Gasteiger partial charge is 0.331 e. The molecule has 72 valence electrons. The number of carbonyl (C=O) groups excluding carboxylic acids is 1. The van der Waals surface area contributed by atoms with Crippen LogP contribution in [0.4, 0.5) is 0 Å². The molecule has 3 heteroatoms. The monoisotopic (exact) mass is 182 g/mol. The topological polar surface area (TPSA) is 35.5 Å². The van der Waals surface area contributed by atoms with Gasteiger partial charge in [0.15, 0.2) is 0 Å². The van der Waals surface area contributed by atoms with Crippen LogP contribution >= 0.6 is 0 Å². The zero-order valence-corrected chi connectivity index (χ0v) is 8.16. The lowest BCUT2D eigenvalue weighted by Crippen LogP contribution is -2.43. The fraction of sp³-hybridized carbons (Fsp3) is 0.700. The molecule has 2 aliphatic rings. The fourth-order valence-corrected chi connectivity index (χ4v) is 2.12. The lowest BCUT2D eigenvalue weighted by Gasteiger charge is -2.38. The minimum atomic E-state index is -0.229. The number of hydrogen-bond acceptors (Lipinski definition) is 3. The van der Waals surface area contributed by atoms with Crippen LogP contribution in [0.1, 0.15) is 27.2 Å². The van der Waals surface area contributed by atoms with E-state index in [2.05, 4.69) is 0 Å². The molecule has 0 N–H and O–H groups in total. The van der Waals surface area contributed by atoms with Crippen molar-refractivity contribution >= 4 is 5.97 Å². The third kappa shape index (κ3) is 1.48. The second kappa shape index (κ2) is 2.58. The van der Waals surface area contributed by atoms with Gasteiger partial charge >= 0.3 is 5.97 Å². The van der Waals surface area contributed by atoms with E-state index in [4.69, 9.17) is 9.47 Å². The summed E-state index contributed by atoms with van der Waals surface area (Å²) in [7, 11) is 0. The van der Waals surface area contributed by atoms with Gasteiger partial charge in [-0.2, -0.15) is 0 Å². The van der Waals surface area contributed by atoms with Crippen molar-refractivity contribution in [2.45, 2.75) is 45.0 Å². The summed E-state index contributed by atoms with van der Waals surface area (Å²) in [5.74, 6) is -0.229. The molecule has 0 bridgehead atoms. The average Bonchev–Trinajstić information content (AvgIpc) is 2.27. The zero-order valence-electron chi connectivity index (χ0n) is 8.16. The summed E-state index contributed by atoms with van der Waals surface area (Å²) in [6, 6.07) is 0. The number of esters is 1. The van der Waals surface area contributed by atoms with E-state index in [1.165, 1.54) is 0 Å². The van der Waals surface area contributed by atoms with E-state index >= 15 is 0 Å². The molecule has 0 amide bonds. The van der Waals surface area contributed by atoms with Gasteiger partial charge in [-0.15, -0.1) is 0 Å². The molecule has 0 radical (unpaired) electrons. The van der Waals surface area contributed by atoms with Gasteiger partial charge in [-0.05, 0) is 26.3 Å². The van der Waals surface area contributed by atoms with Crippen molar-refractivity contribution in [1.29, 1.82) is 0 Å². The van der Waals surface area contributed by atoms with Gasteiger partial charge in [-0.25, -0.2) is 4.79 Å². The standard InChI is InChI=1S/C10H14O3/c1-6-9-7(4-8(11)12-9)5-10(2,3)13-6/h4,6,9H,5H2,1-3H3/t6?,9-/m1/s1. The van der Waals surface area contributed by atoms with Crippen LogP contribution in [0.15, 0.2) is 11.6 Å². The van der Waals surface area contributed by atoms with Crippen LogP contribution in [0.2, 0.25) is 0 Å². The maximum atomic E-state index is 11.0. The molecule has 2 heterocycles. The minimum absolute atomic E-state index is 0.0264. The first kappa shape index (κ1) is 8.75. The van der Waals surface area contributed by atoms with Crippen molar-refractivity contribution in [2.75, 3.05) is 0 Å². The minimum Gasteiger partial charge on any atom is -0.452 e. The Morgan fingerprint density at radius 2 is 2.23 bits per heavy atom. The maximum absolute atomic E-state index is 11.0. The number of carbonyl (C=O) groups is 1. The normalized spacial score (nSPS) is 36.5. The first-order chi connectivity index (χ1) is 5.98. The van der Waals surface area contributed by atoms with E-state index in [0.29, 0.717) is 0 Å². The van der Waals surface area contributed by atoms with E-state index < -0.39 is 0 Å². The molecule has 0 saturated carbocycles. The van der Waals surface area contributed by atoms with Crippen LogP contribution in [0.25, 0.3) is 0 Å². The first-order valence-electron chi connectivity index (χ1n) is 4.57. The molecule has 3 nitrogen and oxygen atoms in total. The van der Waals surface area contributed by atoms with E-state index in [-0.39, 0.29) is 23.8 Å². The van der Waals surface area contributed by atoms with Crippen LogP contribution in [0.3, 0.4) is 0 Å². The van der Waals surface area contributed by atoms with Gasteiger partial charge in [-0.3, -0.25) is 0 Å². The van der Waals surface area contributed by atoms with Gasteiger partial charge in [0.25, 0.3) is 0 Å². The molecule has 13 heavy (non-hydrogen) atoms.